The molecule has 5 nitrogen and oxygen atoms in total. The van der Waals surface area contributed by atoms with Crippen LogP contribution in [0.4, 0.5) is 5.69 Å². The predicted molar refractivity (Wildman–Crippen MR) is 107 cm³/mol. The van der Waals surface area contributed by atoms with Gasteiger partial charge in [0.1, 0.15) is 18.1 Å². The van der Waals surface area contributed by atoms with Crippen LogP contribution in [-0.2, 0) is 17.8 Å². The highest BCUT2D eigenvalue weighted by atomic mass is 32.2. The summed E-state index contributed by atoms with van der Waals surface area (Å²) in [7, 11) is 0. The number of rotatable bonds is 7. The second-order valence-corrected chi connectivity index (χ2v) is 7.07. The lowest BCUT2D eigenvalue weighted by molar-refractivity contribution is -0.115. The van der Waals surface area contributed by atoms with Crippen molar-refractivity contribution in [3.63, 3.8) is 0 Å². The molecule has 3 rings (SSSR count). The largest absolute Gasteiger partial charge is 0.489 e. The standard InChI is InChI=1S/C21H22N2O3S/c1-14-20(15(2)26-23-14)13-25-18-9-7-16(8-10-18)11-21(24)22-17-5-4-6-19(12-17)27-3/h4-10,12H,11,13H2,1-3H3,(H,22,24). The molecule has 0 aliphatic rings. The van der Waals surface area contributed by atoms with Gasteiger partial charge in [0.2, 0.25) is 5.91 Å². The summed E-state index contributed by atoms with van der Waals surface area (Å²) in [4.78, 5) is 13.4. The van der Waals surface area contributed by atoms with Gasteiger partial charge < -0.3 is 14.6 Å². The van der Waals surface area contributed by atoms with Gasteiger partial charge >= 0.3 is 0 Å². The van der Waals surface area contributed by atoms with Gasteiger partial charge in [-0.2, -0.15) is 0 Å². The zero-order valence-corrected chi connectivity index (χ0v) is 16.4. The van der Waals surface area contributed by atoms with Gasteiger partial charge in [0, 0.05) is 10.6 Å². The lowest BCUT2D eigenvalue weighted by Gasteiger charge is -2.08. The Balaban J connectivity index is 1.54. The number of nitrogens with one attached hydrogen (secondary N) is 1. The molecule has 6 heteroatoms. The van der Waals surface area contributed by atoms with Crippen molar-refractivity contribution in [1.82, 2.24) is 5.16 Å². The molecule has 1 aromatic heterocycles. The van der Waals surface area contributed by atoms with Crippen molar-refractivity contribution >= 4 is 23.4 Å². The van der Waals surface area contributed by atoms with E-state index in [2.05, 4.69) is 10.5 Å². The van der Waals surface area contributed by atoms with Gasteiger partial charge in [-0.25, -0.2) is 0 Å². The van der Waals surface area contributed by atoms with Crippen LogP contribution in [0, 0.1) is 13.8 Å². The van der Waals surface area contributed by atoms with E-state index in [0.29, 0.717) is 13.0 Å². The van der Waals surface area contributed by atoms with E-state index in [-0.39, 0.29) is 5.91 Å². The number of anilines is 1. The minimum Gasteiger partial charge on any atom is -0.489 e. The maximum absolute atomic E-state index is 12.3. The molecule has 0 atom stereocenters. The molecule has 0 saturated carbocycles. The highest BCUT2D eigenvalue weighted by molar-refractivity contribution is 7.98. The molecule has 3 aromatic rings. The number of amides is 1. The maximum Gasteiger partial charge on any atom is 0.228 e. The van der Waals surface area contributed by atoms with Crippen molar-refractivity contribution in [2.24, 2.45) is 0 Å². The average Bonchev–Trinajstić information content (AvgIpc) is 2.99. The van der Waals surface area contributed by atoms with E-state index in [1.165, 1.54) is 0 Å². The third-order valence-electron chi connectivity index (χ3n) is 4.21. The van der Waals surface area contributed by atoms with E-state index in [9.17, 15) is 4.79 Å². The molecule has 1 N–H and O–H groups in total. The summed E-state index contributed by atoms with van der Waals surface area (Å²) in [6.45, 7) is 4.17. The van der Waals surface area contributed by atoms with Gasteiger partial charge in [-0.15, -0.1) is 11.8 Å². The molecule has 2 aromatic carbocycles. The fraction of sp³-hybridized carbons (Fsp3) is 0.238. The molecular weight excluding hydrogens is 360 g/mol. The molecule has 0 fully saturated rings. The van der Waals surface area contributed by atoms with E-state index in [1.54, 1.807) is 11.8 Å². The first-order valence-electron chi connectivity index (χ1n) is 8.62. The van der Waals surface area contributed by atoms with Crippen LogP contribution in [0.25, 0.3) is 0 Å². The molecule has 0 unspecified atom stereocenters. The first-order chi connectivity index (χ1) is 13.0. The lowest BCUT2D eigenvalue weighted by Crippen LogP contribution is -2.14. The Morgan fingerprint density at radius 2 is 1.96 bits per heavy atom. The first kappa shape index (κ1) is 19.0. The van der Waals surface area contributed by atoms with Gasteiger partial charge in [-0.3, -0.25) is 4.79 Å². The van der Waals surface area contributed by atoms with Crippen LogP contribution in [0.3, 0.4) is 0 Å². The molecule has 0 saturated heterocycles. The second-order valence-electron chi connectivity index (χ2n) is 6.19. The number of nitrogens with zero attached hydrogens (tertiary/aromatic N) is 1. The van der Waals surface area contributed by atoms with Crippen molar-refractivity contribution in [2.45, 2.75) is 31.8 Å². The summed E-state index contributed by atoms with van der Waals surface area (Å²) >= 11 is 1.65. The van der Waals surface area contributed by atoms with Crippen LogP contribution in [0.15, 0.2) is 57.9 Å². The van der Waals surface area contributed by atoms with Crippen molar-refractivity contribution in [3.8, 4) is 5.75 Å². The van der Waals surface area contributed by atoms with Crippen LogP contribution in [-0.4, -0.2) is 17.3 Å². The van der Waals surface area contributed by atoms with Crippen molar-refractivity contribution in [3.05, 3.63) is 71.1 Å². The molecule has 0 spiro atoms. The van der Waals surface area contributed by atoms with Gasteiger partial charge in [-0.1, -0.05) is 23.4 Å². The fourth-order valence-electron chi connectivity index (χ4n) is 2.66. The number of benzene rings is 2. The summed E-state index contributed by atoms with van der Waals surface area (Å²) in [6, 6.07) is 15.4. The Kier molecular flexibility index (Phi) is 6.19. The summed E-state index contributed by atoms with van der Waals surface area (Å²) < 4.78 is 10.9. The average molecular weight is 382 g/mol. The van der Waals surface area contributed by atoms with Crippen molar-refractivity contribution < 1.29 is 14.1 Å². The van der Waals surface area contributed by atoms with Crippen LogP contribution in [0.2, 0.25) is 0 Å². The molecule has 1 heterocycles. The third kappa shape index (κ3) is 5.14. The lowest BCUT2D eigenvalue weighted by atomic mass is 10.1. The summed E-state index contributed by atoms with van der Waals surface area (Å²) in [5.41, 5.74) is 3.54. The smallest absolute Gasteiger partial charge is 0.228 e. The van der Waals surface area contributed by atoms with Crippen LogP contribution in [0.5, 0.6) is 5.75 Å². The molecule has 1 amide bonds. The summed E-state index contributed by atoms with van der Waals surface area (Å²) in [5.74, 6) is 1.47. The van der Waals surface area contributed by atoms with Crippen LogP contribution in [0.1, 0.15) is 22.6 Å². The molecule has 140 valence electrons. The highest BCUT2D eigenvalue weighted by Gasteiger charge is 2.10. The Bertz CT molecular complexity index is 900. The minimum atomic E-state index is -0.0438. The predicted octanol–water partition coefficient (Wildman–Crippen LogP) is 4.77. The molecule has 27 heavy (non-hydrogen) atoms. The SMILES string of the molecule is CSc1cccc(NC(=O)Cc2ccc(OCc3c(C)noc3C)cc2)c1. The van der Waals surface area contributed by atoms with Crippen LogP contribution < -0.4 is 10.1 Å². The van der Waals surface area contributed by atoms with E-state index in [0.717, 1.165) is 38.9 Å². The normalized spacial score (nSPS) is 10.6. The molecular formula is C21H22N2O3S. The van der Waals surface area contributed by atoms with E-state index >= 15 is 0 Å². The maximum atomic E-state index is 12.3. The quantitative estimate of drug-likeness (QED) is 0.596. The summed E-state index contributed by atoms with van der Waals surface area (Å²) in [6.07, 6.45) is 2.32. The molecule has 0 bridgehead atoms. The van der Waals surface area contributed by atoms with Gasteiger partial charge in [0.15, 0.2) is 0 Å². The first-order valence-corrected chi connectivity index (χ1v) is 9.85. The Morgan fingerprint density at radius 1 is 1.19 bits per heavy atom. The fourth-order valence-corrected chi connectivity index (χ4v) is 3.12. The van der Waals surface area contributed by atoms with Crippen LogP contribution >= 0.6 is 11.8 Å². The van der Waals surface area contributed by atoms with Gasteiger partial charge in [0.05, 0.1) is 17.7 Å². The van der Waals surface area contributed by atoms with E-state index < -0.39 is 0 Å². The Morgan fingerprint density at radius 3 is 2.63 bits per heavy atom. The number of thioether (sulfide) groups is 1. The Labute approximate surface area is 163 Å². The minimum absolute atomic E-state index is 0.0438. The zero-order valence-electron chi connectivity index (χ0n) is 15.6. The molecule has 0 radical (unpaired) electrons. The number of carbonyl (C=O) groups excluding carboxylic acids is 1. The van der Waals surface area contributed by atoms with Crippen molar-refractivity contribution in [1.29, 1.82) is 0 Å². The summed E-state index contributed by atoms with van der Waals surface area (Å²) in [5, 5.41) is 6.85. The Hall–Kier alpha value is -2.73. The van der Waals surface area contributed by atoms with Gasteiger partial charge in [0.25, 0.3) is 0 Å². The number of aromatic nitrogens is 1. The number of hydrogen-bond acceptors (Lipinski definition) is 5. The van der Waals surface area contributed by atoms with Crippen molar-refractivity contribution in [2.75, 3.05) is 11.6 Å². The molecule has 0 aliphatic heterocycles. The second kappa shape index (κ2) is 8.77. The van der Waals surface area contributed by atoms with E-state index in [4.69, 9.17) is 9.26 Å². The topological polar surface area (TPSA) is 64.4 Å². The zero-order chi connectivity index (χ0) is 19.2. The van der Waals surface area contributed by atoms with Gasteiger partial charge in [-0.05, 0) is 56.0 Å². The van der Waals surface area contributed by atoms with E-state index in [1.807, 2.05) is 68.6 Å². The highest BCUT2D eigenvalue weighted by Crippen LogP contribution is 2.20. The number of aryl methyl sites for hydroxylation is 2. The monoisotopic (exact) mass is 382 g/mol. The molecule has 0 aliphatic carbocycles. The number of hydrogen-bond donors (Lipinski definition) is 1. The number of ether oxygens (including phenoxy) is 1. The third-order valence-corrected chi connectivity index (χ3v) is 4.93. The number of carbonyl (C=O) groups is 1.